The summed E-state index contributed by atoms with van der Waals surface area (Å²) in [7, 11) is 0. The van der Waals surface area contributed by atoms with Crippen molar-refractivity contribution >= 4 is 11.4 Å². The van der Waals surface area contributed by atoms with Crippen LogP contribution in [0.25, 0.3) is 0 Å². The average Bonchev–Trinajstić information content (AvgIpc) is 2.01. The number of hydrogen-bond acceptors (Lipinski definition) is 2. The lowest BCUT2D eigenvalue weighted by atomic mass is 10.1. The van der Waals surface area contributed by atoms with Crippen molar-refractivity contribution in [1.29, 1.82) is 5.41 Å². The van der Waals surface area contributed by atoms with Crippen LogP contribution in [0, 0.1) is 5.41 Å². The van der Waals surface area contributed by atoms with Gasteiger partial charge < -0.3 is 10.3 Å². The second kappa shape index (κ2) is 2.38. The van der Waals surface area contributed by atoms with E-state index < -0.39 is 0 Å². The van der Waals surface area contributed by atoms with Crippen molar-refractivity contribution in [1.82, 2.24) is 0 Å². The maximum Gasteiger partial charge on any atom is 0.0578 e. The number of para-hydroxylation sites is 1. The van der Waals surface area contributed by atoms with Gasteiger partial charge in [0.1, 0.15) is 0 Å². The lowest BCUT2D eigenvalue weighted by Crippen LogP contribution is -2.46. The van der Waals surface area contributed by atoms with Crippen LogP contribution >= 0.6 is 0 Å². The molecule has 0 aromatic heterocycles. The predicted molar refractivity (Wildman–Crippen MR) is 46.4 cm³/mol. The third kappa shape index (κ3) is 1.11. The summed E-state index contributed by atoms with van der Waals surface area (Å²) in [5.41, 5.74) is 2.05. The first-order valence-electron chi connectivity index (χ1n) is 3.72. The van der Waals surface area contributed by atoms with Gasteiger partial charge in [-0.3, -0.25) is 0 Å². The second-order valence-corrected chi connectivity index (χ2v) is 2.80. The molecule has 1 aliphatic heterocycles. The number of hydrogen-bond donors (Lipinski definition) is 1. The lowest BCUT2D eigenvalue weighted by molar-refractivity contribution is 0.890. The fourth-order valence-electron chi connectivity index (χ4n) is 1.24. The van der Waals surface area contributed by atoms with Crippen LogP contribution in [-0.4, -0.2) is 18.8 Å². The van der Waals surface area contributed by atoms with Crippen LogP contribution in [0.5, 0.6) is 0 Å². The summed E-state index contributed by atoms with van der Waals surface area (Å²) in [4.78, 5) is 2.18. The molecule has 0 amide bonds. The van der Waals surface area contributed by atoms with Crippen LogP contribution in [0.3, 0.4) is 0 Å². The SMILES string of the molecule is N=C1CN(c2ccccc2)C1. The van der Waals surface area contributed by atoms with Crippen LogP contribution in [0.1, 0.15) is 0 Å². The smallest absolute Gasteiger partial charge is 0.0578 e. The van der Waals surface area contributed by atoms with Gasteiger partial charge in [-0.05, 0) is 12.1 Å². The van der Waals surface area contributed by atoms with Crippen molar-refractivity contribution in [3.8, 4) is 0 Å². The van der Waals surface area contributed by atoms with E-state index in [1.165, 1.54) is 5.69 Å². The summed E-state index contributed by atoms with van der Waals surface area (Å²) < 4.78 is 0. The molecule has 56 valence electrons. The van der Waals surface area contributed by atoms with Gasteiger partial charge in [0.05, 0.1) is 13.1 Å². The first kappa shape index (κ1) is 6.40. The molecule has 2 nitrogen and oxygen atoms in total. The van der Waals surface area contributed by atoms with E-state index in [4.69, 9.17) is 5.41 Å². The van der Waals surface area contributed by atoms with Gasteiger partial charge in [0, 0.05) is 11.4 Å². The van der Waals surface area contributed by atoms with Crippen molar-refractivity contribution in [3.05, 3.63) is 30.3 Å². The maximum absolute atomic E-state index is 7.27. The minimum absolute atomic E-state index is 0.810. The van der Waals surface area contributed by atoms with Gasteiger partial charge in [0.2, 0.25) is 0 Å². The molecule has 1 saturated heterocycles. The fraction of sp³-hybridized carbons (Fsp3) is 0.222. The van der Waals surface area contributed by atoms with E-state index >= 15 is 0 Å². The van der Waals surface area contributed by atoms with Crippen molar-refractivity contribution in [2.75, 3.05) is 18.0 Å². The molecule has 1 N–H and O–H groups in total. The molecule has 0 bridgehead atoms. The third-order valence-corrected chi connectivity index (χ3v) is 1.88. The van der Waals surface area contributed by atoms with Gasteiger partial charge in [0.15, 0.2) is 0 Å². The van der Waals surface area contributed by atoms with Gasteiger partial charge in [-0.15, -0.1) is 0 Å². The van der Waals surface area contributed by atoms with Crippen LogP contribution in [0.4, 0.5) is 5.69 Å². The predicted octanol–water partition coefficient (Wildman–Crippen LogP) is 1.53. The highest BCUT2D eigenvalue weighted by Crippen LogP contribution is 2.17. The molecule has 11 heavy (non-hydrogen) atoms. The molecule has 0 spiro atoms. The molecular formula is C9H10N2. The molecule has 2 heteroatoms. The molecule has 0 atom stereocenters. The molecule has 1 aliphatic rings. The Bertz CT molecular complexity index is 258. The zero-order chi connectivity index (χ0) is 7.68. The van der Waals surface area contributed by atoms with E-state index in [9.17, 15) is 0 Å². The number of benzene rings is 1. The molecule has 1 fully saturated rings. The molecule has 0 aliphatic carbocycles. The van der Waals surface area contributed by atoms with Crippen molar-refractivity contribution in [3.63, 3.8) is 0 Å². The quantitative estimate of drug-likeness (QED) is 0.639. The highest BCUT2D eigenvalue weighted by Gasteiger charge is 2.19. The summed E-state index contributed by atoms with van der Waals surface area (Å²) in [6, 6.07) is 10.2. The van der Waals surface area contributed by atoms with Crippen LogP contribution in [0.2, 0.25) is 0 Å². The normalized spacial score (nSPS) is 16.4. The Morgan fingerprint density at radius 3 is 2.27 bits per heavy atom. The van der Waals surface area contributed by atoms with Gasteiger partial charge in [0.25, 0.3) is 0 Å². The number of anilines is 1. The van der Waals surface area contributed by atoms with Crippen molar-refractivity contribution in [2.24, 2.45) is 0 Å². The Labute approximate surface area is 66.0 Å². The van der Waals surface area contributed by atoms with Crippen molar-refractivity contribution < 1.29 is 0 Å². The van der Waals surface area contributed by atoms with E-state index in [2.05, 4.69) is 17.0 Å². The Kier molecular flexibility index (Phi) is 1.39. The number of nitrogens with one attached hydrogen (secondary N) is 1. The topological polar surface area (TPSA) is 27.1 Å². The summed E-state index contributed by atoms with van der Waals surface area (Å²) in [6.45, 7) is 1.62. The summed E-state index contributed by atoms with van der Waals surface area (Å²) in [6.07, 6.45) is 0. The zero-order valence-electron chi connectivity index (χ0n) is 6.25. The van der Waals surface area contributed by atoms with Crippen LogP contribution < -0.4 is 4.90 Å². The first-order valence-corrected chi connectivity index (χ1v) is 3.72. The van der Waals surface area contributed by atoms with E-state index in [1.54, 1.807) is 0 Å². The Morgan fingerprint density at radius 2 is 1.73 bits per heavy atom. The summed E-state index contributed by atoms with van der Waals surface area (Å²) in [5.74, 6) is 0. The zero-order valence-corrected chi connectivity index (χ0v) is 6.25. The van der Waals surface area contributed by atoms with Crippen molar-refractivity contribution in [2.45, 2.75) is 0 Å². The van der Waals surface area contributed by atoms with E-state index in [0.717, 1.165) is 18.8 Å². The fourth-order valence-corrected chi connectivity index (χ4v) is 1.24. The number of rotatable bonds is 1. The van der Waals surface area contributed by atoms with Gasteiger partial charge in [-0.1, -0.05) is 18.2 Å². The third-order valence-electron chi connectivity index (χ3n) is 1.88. The Morgan fingerprint density at radius 1 is 1.09 bits per heavy atom. The molecule has 1 aromatic rings. The Hall–Kier alpha value is -1.31. The van der Waals surface area contributed by atoms with Gasteiger partial charge in [-0.25, -0.2) is 0 Å². The average molecular weight is 146 g/mol. The second-order valence-electron chi connectivity index (χ2n) is 2.80. The monoisotopic (exact) mass is 146 g/mol. The van der Waals surface area contributed by atoms with Crippen LogP contribution in [0.15, 0.2) is 30.3 Å². The highest BCUT2D eigenvalue weighted by atomic mass is 15.2. The molecule has 0 unspecified atom stereocenters. The van der Waals surface area contributed by atoms with E-state index in [1.807, 2.05) is 18.2 Å². The van der Waals surface area contributed by atoms with E-state index in [0.29, 0.717) is 0 Å². The lowest BCUT2D eigenvalue weighted by Gasteiger charge is -2.33. The minimum atomic E-state index is 0.810. The van der Waals surface area contributed by atoms with E-state index in [-0.39, 0.29) is 0 Å². The molecule has 0 radical (unpaired) electrons. The van der Waals surface area contributed by atoms with Gasteiger partial charge in [-0.2, -0.15) is 0 Å². The summed E-state index contributed by atoms with van der Waals surface area (Å²) in [5, 5.41) is 7.27. The molecule has 2 rings (SSSR count). The molecule has 0 saturated carbocycles. The molecule has 1 heterocycles. The minimum Gasteiger partial charge on any atom is -0.360 e. The van der Waals surface area contributed by atoms with Crippen LogP contribution in [-0.2, 0) is 0 Å². The standard InChI is InChI=1S/C9H10N2/c10-8-6-11(7-8)9-4-2-1-3-5-9/h1-5,10H,6-7H2. The largest absolute Gasteiger partial charge is 0.360 e. The first-order chi connectivity index (χ1) is 5.36. The molecular weight excluding hydrogens is 136 g/mol. The maximum atomic E-state index is 7.27. The Balaban J connectivity index is 2.13. The molecule has 1 aromatic carbocycles. The number of nitrogens with zero attached hydrogens (tertiary/aromatic N) is 1. The van der Waals surface area contributed by atoms with Gasteiger partial charge >= 0.3 is 0 Å². The summed E-state index contributed by atoms with van der Waals surface area (Å²) >= 11 is 0. The highest BCUT2D eigenvalue weighted by molar-refractivity contribution is 5.97.